The third kappa shape index (κ3) is 9.64. The molecule has 0 spiro atoms. The first-order valence-corrected chi connectivity index (χ1v) is 10.5. The maximum Gasteiger partial charge on any atom is 0.338 e. The molecule has 19 heavy (non-hydrogen) atoms. The second-order valence-corrected chi connectivity index (χ2v) is 9.75. The molecule has 116 valence electrons. The molecule has 0 N–H and O–H groups in total. The van der Waals surface area contributed by atoms with E-state index in [1.807, 2.05) is 0 Å². The van der Waals surface area contributed by atoms with Crippen LogP contribution in [0.25, 0.3) is 0 Å². The summed E-state index contributed by atoms with van der Waals surface area (Å²) in [5.74, 6) is 1.57. The number of rotatable bonds is 12. The molecule has 0 saturated heterocycles. The van der Waals surface area contributed by atoms with Gasteiger partial charge in [-0.25, -0.2) is 0 Å². The molecule has 0 aliphatic heterocycles. The Balaban J connectivity index is 4.38. The lowest BCUT2D eigenvalue weighted by Gasteiger charge is -2.30. The third-order valence-corrected chi connectivity index (χ3v) is 7.35. The summed E-state index contributed by atoms with van der Waals surface area (Å²) in [4.78, 5) is 0. The SMILES string of the molecule is CCO[Si](CCCC(C)C)(CCCC(C)C)OCC. The molecule has 0 unspecified atom stereocenters. The molecule has 0 aromatic rings. The second kappa shape index (κ2) is 10.9. The van der Waals surface area contributed by atoms with Gasteiger partial charge in [0.1, 0.15) is 0 Å². The zero-order valence-electron chi connectivity index (χ0n) is 14.1. The van der Waals surface area contributed by atoms with Crippen molar-refractivity contribution in [3.05, 3.63) is 0 Å². The minimum absolute atomic E-state index is 0.783. The van der Waals surface area contributed by atoms with Crippen molar-refractivity contribution in [1.29, 1.82) is 0 Å². The Morgan fingerprint density at radius 3 is 1.37 bits per heavy atom. The van der Waals surface area contributed by atoms with E-state index in [-0.39, 0.29) is 0 Å². The highest BCUT2D eigenvalue weighted by Crippen LogP contribution is 2.26. The molecular formula is C16H36O2Si. The summed E-state index contributed by atoms with van der Waals surface area (Å²) in [6.07, 6.45) is 5.09. The highest BCUT2D eigenvalue weighted by Gasteiger charge is 2.35. The Morgan fingerprint density at radius 1 is 0.737 bits per heavy atom. The molecule has 3 heteroatoms. The highest BCUT2D eigenvalue weighted by atomic mass is 28.4. The number of hydrogen-bond acceptors (Lipinski definition) is 2. The van der Waals surface area contributed by atoms with E-state index in [4.69, 9.17) is 8.85 Å². The van der Waals surface area contributed by atoms with Crippen LogP contribution in [0.1, 0.15) is 67.2 Å². The molecule has 0 aromatic heterocycles. The fourth-order valence-electron chi connectivity index (χ4n) is 2.54. The van der Waals surface area contributed by atoms with Gasteiger partial charge in [-0.2, -0.15) is 0 Å². The lowest BCUT2D eigenvalue weighted by molar-refractivity contribution is 0.179. The lowest BCUT2D eigenvalue weighted by Crippen LogP contribution is -2.42. The quantitative estimate of drug-likeness (QED) is 0.449. The molecule has 0 fully saturated rings. The smallest absolute Gasteiger partial charge is 0.338 e. The van der Waals surface area contributed by atoms with Crippen molar-refractivity contribution < 1.29 is 8.85 Å². The molecule has 0 rings (SSSR count). The van der Waals surface area contributed by atoms with Crippen LogP contribution in [0.5, 0.6) is 0 Å². The van der Waals surface area contributed by atoms with Gasteiger partial charge in [-0.1, -0.05) is 53.4 Å². The van der Waals surface area contributed by atoms with Crippen LogP contribution in [0, 0.1) is 11.8 Å². The Kier molecular flexibility index (Phi) is 10.9. The maximum atomic E-state index is 6.15. The minimum Gasteiger partial charge on any atom is -0.394 e. The molecule has 0 aliphatic carbocycles. The van der Waals surface area contributed by atoms with E-state index in [1.54, 1.807) is 0 Å². The fraction of sp³-hybridized carbons (Fsp3) is 1.00. The predicted octanol–water partition coefficient (Wildman–Crippen LogP) is 5.37. The van der Waals surface area contributed by atoms with Crippen LogP contribution in [-0.2, 0) is 8.85 Å². The summed E-state index contributed by atoms with van der Waals surface area (Å²) < 4.78 is 12.3. The zero-order chi connectivity index (χ0) is 14.7. The van der Waals surface area contributed by atoms with Gasteiger partial charge < -0.3 is 8.85 Å². The highest BCUT2D eigenvalue weighted by molar-refractivity contribution is 6.67. The number of hydrogen-bond donors (Lipinski definition) is 0. The van der Waals surface area contributed by atoms with Gasteiger partial charge in [-0.15, -0.1) is 0 Å². The monoisotopic (exact) mass is 288 g/mol. The molecule has 0 amide bonds. The van der Waals surface area contributed by atoms with Crippen molar-refractivity contribution in [2.24, 2.45) is 11.8 Å². The average Bonchev–Trinajstić information content (AvgIpc) is 2.28. The topological polar surface area (TPSA) is 18.5 Å². The van der Waals surface area contributed by atoms with E-state index in [2.05, 4.69) is 41.5 Å². The standard InChI is InChI=1S/C16H36O2Si/c1-7-17-19(18-8-2,13-9-11-15(3)4)14-10-12-16(5)6/h15-16H,7-14H2,1-6H3. The molecule has 0 aliphatic rings. The normalized spacial score (nSPS) is 12.6. The second-order valence-electron chi connectivity index (χ2n) is 6.35. The van der Waals surface area contributed by atoms with Gasteiger partial charge in [0, 0.05) is 13.2 Å². The van der Waals surface area contributed by atoms with Crippen molar-refractivity contribution in [3.63, 3.8) is 0 Å². The van der Waals surface area contributed by atoms with Gasteiger partial charge in [0.2, 0.25) is 0 Å². The molecule has 0 heterocycles. The molecular weight excluding hydrogens is 252 g/mol. The average molecular weight is 289 g/mol. The van der Waals surface area contributed by atoms with Crippen molar-refractivity contribution in [2.45, 2.75) is 79.3 Å². The molecule has 0 radical (unpaired) electrons. The van der Waals surface area contributed by atoms with Crippen molar-refractivity contribution in [2.75, 3.05) is 13.2 Å². The first-order chi connectivity index (χ1) is 8.95. The van der Waals surface area contributed by atoms with E-state index < -0.39 is 8.56 Å². The van der Waals surface area contributed by atoms with Gasteiger partial charge in [0.05, 0.1) is 0 Å². The molecule has 0 saturated carbocycles. The van der Waals surface area contributed by atoms with E-state index in [0.29, 0.717) is 0 Å². The van der Waals surface area contributed by atoms with Crippen LogP contribution in [0.2, 0.25) is 12.1 Å². The molecule has 2 nitrogen and oxygen atoms in total. The summed E-state index contributed by atoms with van der Waals surface area (Å²) in [5.41, 5.74) is 0. The van der Waals surface area contributed by atoms with Gasteiger partial charge in [0.15, 0.2) is 0 Å². The van der Waals surface area contributed by atoms with E-state index in [1.165, 1.54) is 37.8 Å². The third-order valence-electron chi connectivity index (χ3n) is 3.49. The van der Waals surface area contributed by atoms with Crippen molar-refractivity contribution in [3.8, 4) is 0 Å². The van der Waals surface area contributed by atoms with Crippen molar-refractivity contribution in [1.82, 2.24) is 0 Å². The lowest BCUT2D eigenvalue weighted by atomic mass is 10.1. The van der Waals surface area contributed by atoms with Crippen LogP contribution in [0.3, 0.4) is 0 Å². The first kappa shape index (κ1) is 19.1. The van der Waals surface area contributed by atoms with Gasteiger partial charge >= 0.3 is 8.56 Å². The zero-order valence-corrected chi connectivity index (χ0v) is 15.1. The van der Waals surface area contributed by atoms with E-state index >= 15 is 0 Å². The molecule has 0 aromatic carbocycles. The van der Waals surface area contributed by atoms with E-state index in [0.717, 1.165) is 25.0 Å². The summed E-state index contributed by atoms with van der Waals surface area (Å²) in [7, 11) is -1.93. The Labute approximate surface area is 122 Å². The van der Waals surface area contributed by atoms with Crippen LogP contribution >= 0.6 is 0 Å². The van der Waals surface area contributed by atoms with Crippen LogP contribution in [-0.4, -0.2) is 21.8 Å². The van der Waals surface area contributed by atoms with Crippen molar-refractivity contribution >= 4 is 8.56 Å². The van der Waals surface area contributed by atoms with E-state index in [9.17, 15) is 0 Å². The van der Waals surface area contributed by atoms with Gasteiger partial charge in [-0.3, -0.25) is 0 Å². The summed E-state index contributed by atoms with van der Waals surface area (Å²) in [6, 6.07) is 2.34. The summed E-state index contributed by atoms with van der Waals surface area (Å²) in [5, 5.41) is 0. The maximum absolute atomic E-state index is 6.15. The minimum atomic E-state index is -1.93. The van der Waals surface area contributed by atoms with Crippen LogP contribution in [0.4, 0.5) is 0 Å². The summed E-state index contributed by atoms with van der Waals surface area (Å²) >= 11 is 0. The Morgan fingerprint density at radius 2 is 1.11 bits per heavy atom. The first-order valence-electron chi connectivity index (χ1n) is 8.23. The molecule has 0 bridgehead atoms. The largest absolute Gasteiger partial charge is 0.394 e. The predicted molar refractivity (Wildman–Crippen MR) is 86.8 cm³/mol. The van der Waals surface area contributed by atoms with Crippen LogP contribution in [0.15, 0.2) is 0 Å². The Bertz CT molecular complexity index is 183. The van der Waals surface area contributed by atoms with Gasteiger partial charge in [-0.05, 0) is 37.8 Å². The fourth-order valence-corrected chi connectivity index (χ4v) is 5.99. The Hall–Kier alpha value is 0.137. The molecule has 0 atom stereocenters. The summed E-state index contributed by atoms with van der Waals surface area (Å²) in [6.45, 7) is 15.0. The van der Waals surface area contributed by atoms with Gasteiger partial charge in [0.25, 0.3) is 0 Å². The van der Waals surface area contributed by atoms with Crippen LogP contribution < -0.4 is 0 Å².